The van der Waals surface area contributed by atoms with Gasteiger partial charge in [0.25, 0.3) is 0 Å². The van der Waals surface area contributed by atoms with E-state index < -0.39 is 11.7 Å². The molecule has 0 bridgehead atoms. The summed E-state index contributed by atoms with van der Waals surface area (Å²) in [6.07, 6.45) is -0.815. The molecule has 1 N–H and O–H groups in total. The SMILES string of the molecule is CN(C)C1(CCc2ccc(Cl)c(C(F)(F)F)c2)CCCNC1. The van der Waals surface area contributed by atoms with E-state index in [1.54, 1.807) is 6.07 Å². The van der Waals surface area contributed by atoms with Gasteiger partial charge in [0, 0.05) is 12.1 Å². The minimum Gasteiger partial charge on any atom is -0.315 e. The molecule has 124 valence electrons. The van der Waals surface area contributed by atoms with Crippen LogP contribution in [0.4, 0.5) is 13.2 Å². The quantitative estimate of drug-likeness (QED) is 0.896. The first-order valence-corrected chi connectivity index (χ1v) is 7.86. The maximum Gasteiger partial charge on any atom is 0.417 e. The molecule has 0 saturated carbocycles. The second-order valence-corrected chi connectivity index (χ2v) is 6.62. The molecule has 1 saturated heterocycles. The fourth-order valence-electron chi connectivity index (χ4n) is 3.09. The largest absolute Gasteiger partial charge is 0.417 e. The summed E-state index contributed by atoms with van der Waals surface area (Å²) in [5.41, 5.74) is -0.0492. The minimum absolute atomic E-state index is 0.0102. The Morgan fingerprint density at radius 2 is 2.05 bits per heavy atom. The van der Waals surface area contributed by atoms with Crippen LogP contribution >= 0.6 is 11.6 Å². The number of nitrogens with zero attached hydrogens (tertiary/aromatic N) is 1. The minimum atomic E-state index is -4.40. The van der Waals surface area contributed by atoms with Crippen LogP contribution in [0.5, 0.6) is 0 Å². The van der Waals surface area contributed by atoms with Gasteiger partial charge >= 0.3 is 6.18 Å². The third-order valence-electron chi connectivity index (χ3n) is 4.61. The van der Waals surface area contributed by atoms with Gasteiger partial charge in [0.15, 0.2) is 0 Å². The molecule has 0 aromatic heterocycles. The number of alkyl halides is 3. The zero-order chi connectivity index (χ0) is 16.4. The molecule has 2 nitrogen and oxygen atoms in total. The molecule has 0 amide bonds. The van der Waals surface area contributed by atoms with Crippen molar-refractivity contribution in [3.05, 3.63) is 34.3 Å². The maximum atomic E-state index is 12.9. The van der Waals surface area contributed by atoms with Crippen molar-refractivity contribution in [2.75, 3.05) is 27.2 Å². The summed E-state index contributed by atoms with van der Waals surface area (Å²) >= 11 is 5.67. The van der Waals surface area contributed by atoms with Gasteiger partial charge in [-0.2, -0.15) is 13.2 Å². The Hall–Kier alpha value is -0.780. The highest BCUT2D eigenvalue weighted by Gasteiger charge is 2.35. The van der Waals surface area contributed by atoms with Crippen molar-refractivity contribution in [2.24, 2.45) is 0 Å². The summed E-state index contributed by atoms with van der Waals surface area (Å²) in [5, 5.41) is 3.16. The van der Waals surface area contributed by atoms with E-state index in [4.69, 9.17) is 11.6 Å². The van der Waals surface area contributed by atoms with Crippen molar-refractivity contribution >= 4 is 11.6 Å². The van der Waals surface area contributed by atoms with E-state index in [2.05, 4.69) is 10.2 Å². The predicted octanol–water partition coefficient (Wildman–Crippen LogP) is 3.98. The van der Waals surface area contributed by atoms with E-state index in [0.717, 1.165) is 32.4 Å². The summed E-state index contributed by atoms with van der Waals surface area (Å²) < 4.78 is 38.8. The smallest absolute Gasteiger partial charge is 0.315 e. The average Bonchev–Trinajstić information content (AvgIpc) is 2.46. The lowest BCUT2D eigenvalue weighted by Crippen LogP contribution is -2.55. The van der Waals surface area contributed by atoms with Crippen LogP contribution in [0.25, 0.3) is 0 Å². The number of halogens is 4. The molecule has 0 aliphatic carbocycles. The number of nitrogens with one attached hydrogen (secondary N) is 1. The Morgan fingerprint density at radius 3 is 2.59 bits per heavy atom. The molecular formula is C16H22ClF3N2. The van der Waals surface area contributed by atoms with E-state index >= 15 is 0 Å². The predicted molar refractivity (Wildman–Crippen MR) is 83.3 cm³/mol. The van der Waals surface area contributed by atoms with Gasteiger partial charge in [-0.25, -0.2) is 0 Å². The zero-order valence-electron chi connectivity index (χ0n) is 12.9. The molecule has 1 aromatic rings. The van der Waals surface area contributed by atoms with Crippen molar-refractivity contribution in [2.45, 2.75) is 37.4 Å². The van der Waals surface area contributed by atoms with Gasteiger partial charge in [-0.05, 0) is 64.0 Å². The van der Waals surface area contributed by atoms with E-state index in [9.17, 15) is 13.2 Å². The number of rotatable bonds is 4. The Bertz CT molecular complexity index is 509. The normalized spacial score (nSPS) is 23.0. The summed E-state index contributed by atoms with van der Waals surface area (Å²) in [7, 11) is 4.08. The molecule has 0 radical (unpaired) electrons. The van der Waals surface area contributed by atoms with Crippen LogP contribution < -0.4 is 5.32 Å². The highest BCUT2D eigenvalue weighted by atomic mass is 35.5. The topological polar surface area (TPSA) is 15.3 Å². The molecule has 1 aliphatic rings. The summed E-state index contributed by atoms with van der Waals surface area (Å²) in [4.78, 5) is 2.19. The van der Waals surface area contributed by atoms with E-state index in [-0.39, 0.29) is 10.6 Å². The van der Waals surface area contributed by atoms with Crippen molar-refractivity contribution in [3.8, 4) is 0 Å². The van der Waals surface area contributed by atoms with Crippen LogP contribution in [0.2, 0.25) is 5.02 Å². The highest BCUT2D eigenvalue weighted by Crippen LogP contribution is 2.36. The van der Waals surface area contributed by atoms with Crippen molar-refractivity contribution < 1.29 is 13.2 Å². The molecule has 0 spiro atoms. The summed E-state index contributed by atoms with van der Waals surface area (Å²) in [6.45, 7) is 1.88. The Morgan fingerprint density at radius 1 is 1.32 bits per heavy atom. The van der Waals surface area contributed by atoms with Gasteiger partial charge in [-0.15, -0.1) is 0 Å². The molecule has 1 atom stereocenters. The first-order valence-electron chi connectivity index (χ1n) is 7.48. The molecule has 1 fully saturated rings. The number of hydrogen-bond acceptors (Lipinski definition) is 2. The lowest BCUT2D eigenvalue weighted by atomic mass is 9.83. The summed E-state index contributed by atoms with van der Waals surface area (Å²) in [6, 6.07) is 4.22. The van der Waals surface area contributed by atoms with Crippen LogP contribution in [0.1, 0.15) is 30.4 Å². The number of aryl methyl sites for hydroxylation is 1. The zero-order valence-corrected chi connectivity index (χ0v) is 13.7. The standard InChI is InChI=1S/C16H22ClF3N2/c1-22(2)15(7-3-9-21-11-15)8-6-12-4-5-14(17)13(10-12)16(18,19)20/h4-5,10,21H,3,6-9,11H2,1-2H3. The van der Waals surface area contributed by atoms with E-state index in [1.165, 1.54) is 12.1 Å². The molecule has 1 heterocycles. The molecule has 6 heteroatoms. The maximum absolute atomic E-state index is 12.9. The molecule has 1 aliphatic heterocycles. The van der Waals surface area contributed by atoms with Crippen LogP contribution in [0, 0.1) is 0 Å². The summed E-state index contributed by atoms with van der Waals surface area (Å²) in [5.74, 6) is 0. The molecular weight excluding hydrogens is 313 g/mol. The highest BCUT2D eigenvalue weighted by molar-refractivity contribution is 6.31. The van der Waals surface area contributed by atoms with Gasteiger partial charge in [-0.3, -0.25) is 0 Å². The van der Waals surface area contributed by atoms with Gasteiger partial charge in [0.05, 0.1) is 10.6 Å². The van der Waals surface area contributed by atoms with Crippen LogP contribution in [0.3, 0.4) is 0 Å². The van der Waals surface area contributed by atoms with Crippen molar-refractivity contribution in [1.82, 2.24) is 10.2 Å². The van der Waals surface area contributed by atoms with Gasteiger partial charge in [-0.1, -0.05) is 17.7 Å². The van der Waals surface area contributed by atoms with Gasteiger partial charge in [0.1, 0.15) is 0 Å². The van der Waals surface area contributed by atoms with Crippen LogP contribution in [-0.2, 0) is 12.6 Å². The molecule has 2 rings (SSSR count). The first-order chi connectivity index (χ1) is 10.2. The average molecular weight is 335 g/mol. The Balaban J connectivity index is 2.13. The molecule has 1 unspecified atom stereocenters. The Labute approximate surface area is 134 Å². The lowest BCUT2D eigenvalue weighted by molar-refractivity contribution is -0.137. The fourth-order valence-corrected chi connectivity index (χ4v) is 3.32. The van der Waals surface area contributed by atoms with Crippen molar-refractivity contribution in [3.63, 3.8) is 0 Å². The third kappa shape index (κ3) is 3.94. The van der Waals surface area contributed by atoms with Crippen LogP contribution in [-0.4, -0.2) is 37.6 Å². The van der Waals surface area contributed by atoms with Crippen LogP contribution in [0.15, 0.2) is 18.2 Å². The number of benzene rings is 1. The van der Waals surface area contributed by atoms with E-state index in [1.807, 2.05) is 14.1 Å². The van der Waals surface area contributed by atoms with Crippen molar-refractivity contribution in [1.29, 1.82) is 0 Å². The van der Waals surface area contributed by atoms with E-state index in [0.29, 0.717) is 12.0 Å². The Kier molecular flexibility index (Phi) is 5.41. The third-order valence-corrected chi connectivity index (χ3v) is 4.94. The fraction of sp³-hybridized carbons (Fsp3) is 0.625. The van der Waals surface area contributed by atoms with Gasteiger partial charge in [0.2, 0.25) is 0 Å². The molecule has 1 aromatic carbocycles. The number of hydrogen-bond donors (Lipinski definition) is 1. The molecule has 22 heavy (non-hydrogen) atoms. The second-order valence-electron chi connectivity index (χ2n) is 6.21. The first kappa shape index (κ1) is 17.6. The number of likely N-dealkylation sites (N-methyl/N-ethyl adjacent to an activating group) is 1. The van der Waals surface area contributed by atoms with Gasteiger partial charge < -0.3 is 10.2 Å². The number of piperidine rings is 1. The second kappa shape index (κ2) is 6.77. The monoisotopic (exact) mass is 334 g/mol. The lowest BCUT2D eigenvalue weighted by Gasteiger charge is -2.43.